The normalized spacial score (nSPS) is 43.5. The molecule has 5 unspecified atom stereocenters. The predicted molar refractivity (Wildman–Crippen MR) is 75.9 cm³/mol. The molecule has 1 aromatic rings. The van der Waals surface area contributed by atoms with Gasteiger partial charge in [-0.3, -0.25) is 0 Å². The summed E-state index contributed by atoms with van der Waals surface area (Å²) in [5, 5.41) is 0. The second-order valence-corrected chi connectivity index (χ2v) is 6.81. The molecule has 0 saturated heterocycles. The summed E-state index contributed by atoms with van der Waals surface area (Å²) in [6.07, 6.45) is 6.79. The van der Waals surface area contributed by atoms with Crippen molar-refractivity contribution < 1.29 is 4.74 Å². The van der Waals surface area contributed by atoms with Gasteiger partial charge in [0.1, 0.15) is 5.75 Å². The van der Waals surface area contributed by atoms with E-state index in [4.69, 9.17) is 10.5 Å². The van der Waals surface area contributed by atoms with Gasteiger partial charge in [0.15, 0.2) is 0 Å². The Morgan fingerprint density at radius 3 is 2.84 bits per heavy atom. The monoisotopic (exact) mass is 257 g/mol. The van der Waals surface area contributed by atoms with Crippen molar-refractivity contribution >= 4 is 0 Å². The molecular weight excluding hydrogens is 234 g/mol. The molecule has 2 nitrogen and oxygen atoms in total. The molecular formula is C17H23NO. The van der Waals surface area contributed by atoms with Crippen molar-refractivity contribution in [3.8, 4) is 5.75 Å². The molecule has 2 bridgehead atoms. The van der Waals surface area contributed by atoms with E-state index in [0.717, 1.165) is 23.5 Å². The van der Waals surface area contributed by atoms with E-state index in [1.807, 2.05) is 6.07 Å². The van der Waals surface area contributed by atoms with Gasteiger partial charge in [-0.25, -0.2) is 0 Å². The fourth-order valence-electron chi connectivity index (χ4n) is 5.53. The zero-order valence-corrected chi connectivity index (χ0v) is 11.6. The van der Waals surface area contributed by atoms with E-state index in [1.165, 1.54) is 37.7 Å². The van der Waals surface area contributed by atoms with E-state index in [2.05, 4.69) is 18.2 Å². The molecule has 2 heteroatoms. The van der Waals surface area contributed by atoms with Gasteiger partial charge in [-0.1, -0.05) is 24.6 Å². The van der Waals surface area contributed by atoms with E-state index < -0.39 is 0 Å². The lowest BCUT2D eigenvalue weighted by molar-refractivity contribution is 0.153. The highest BCUT2D eigenvalue weighted by Crippen LogP contribution is 2.64. The molecule has 3 saturated carbocycles. The van der Waals surface area contributed by atoms with Crippen LogP contribution in [0.2, 0.25) is 0 Å². The molecule has 4 rings (SSSR count). The largest absolute Gasteiger partial charge is 0.496 e. The van der Waals surface area contributed by atoms with Crippen molar-refractivity contribution in [2.24, 2.45) is 29.4 Å². The van der Waals surface area contributed by atoms with E-state index in [1.54, 1.807) is 7.11 Å². The van der Waals surface area contributed by atoms with Crippen LogP contribution in [0.1, 0.15) is 37.7 Å². The predicted octanol–water partition coefficient (Wildman–Crippen LogP) is 3.31. The Morgan fingerprint density at radius 1 is 1.21 bits per heavy atom. The first-order valence-electron chi connectivity index (χ1n) is 7.66. The highest BCUT2D eigenvalue weighted by atomic mass is 16.5. The number of benzene rings is 1. The summed E-state index contributed by atoms with van der Waals surface area (Å²) in [4.78, 5) is 0. The molecule has 0 amide bonds. The maximum Gasteiger partial charge on any atom is 0.123 e. The molecule has 0 radical (unpaired) electrons. The van der Waals surface area contributed by atoms with Crippen LogP contribution in [0.5, 0.6) is 5.75 Å². The fraction of sp³-hybridized carbons (Fsp3) is 0.647. The molecule has 0 heterocycles. The van der Waals surface area contributed by atoms with Crippen LogP contribution in [0, 0.1) is 23.7 Å². The number of hydrogen-bond acceptors (Lipinski definition) is 2. The Hall–Kier alpha value is -1.02. The highest BCUT2D eigenvalue weighted by molar-refractivity contribution is 5.41. The van der Waals surface area contributed by atoms with Gasteiger partial charge in [0.05, 0.1) is 7.11 Å². The zero-order chi connectivity index (χ0) is 13.0. The first-order valence-corrected chi connectivity index (χ1v) is 7.66. The zero-order valence-electron chi connectivity index (χ0n) is 11.6. The van der Waals surface area contributed by atoms with Crippen molar-refractivity contribution in [2.75, 3.05) is 7.11 Å². The van der Waals surface area contributed by atoms with Gasteiger partial charge in [0, 0.05) is 11.1 Å². The summed E-state index contributed by atoms with van der Waals surface area (Å²) in [5.74, 6) is 4.39. The number of methoxy groups -OCH3 is 1. The Balaban J connectivity index is 1.75. The van der Waals surface area contributed by atoms with Crippen LogP contribution in [0.25, 0.3) is 0 Å². The average molecular weight is 257 g/mol. The molecule has 1 aromatic carbocycles. The molecule has 3 aliphatic rings. The first-order chi connectivity index (χ1) is 9.24. The molecule has 3 fully saturated rings. The molecule has 5 atom stereocenters. The minimum atomic E-state index is -0.136. The Labute approximate surface area is 115 Å². The average Bonchev–Trinajstić information content (AvgIpc) is 3.09. The van der Waals surface area contributed by atoms with Crippen LogP contribution < -0.4 is 10.5 Å². The van der Waals surface area contributed by atoms with Crippen molar-refractivity contribution in [3.63, 3.8) is 0 Å². The molecule has 0 spiro atoms. The molecule has 102 valence electrons. The number of rotatable bonds is 2. The van der Waals surface area contributed by atoms with Gasteiger partial charge < -0.3 is 10.5 Å². The first kappa shape index (κ1) is 11.8. The third-order valence-electron chi connectivity index (χ3n) is 6.17. The summed E-state index contributed by atoms with van der Waals surface area (Å²) in [6.45, 7) is 0. The van der Waals surface area contributed by atoms with Gasteiger partial charge >= 0.3 is 0 Å². The van der Waals surface area contributed by atoms with E-state index >= 15 is 0 Å². The minimum absolute atomic E-state index is 0.136. The standard InChI is InChI=1S/C17H23NO/c1-19-16-8-3-2-7-14(16)17(18)10-11-9-15(17)13-6-4-5-12(11)13/h2-3,7-8,11-13,15H,4-6,9-10,18H2,1H3. The Morgan fingerprint density at radius 2 is 2.00 bits per heavy atom. The molecule has 2 N–H and O–H groups in total. The van der Waals surface area contributed by atoms with Crippen molar-refractivity contribution in [3.05, 3.63) is 29.8 Å². The van der Waals surface area contributed by atoms with E-state index in [-0.39, 0.29) is 5.54 Å². The summed E-state index contributed by atoms with van der Waals surface area (Å²) in [7, 11) is 1.76. The third-order valence-corrected chi connectivity index (χ3v) is 6.17. The minimum Gasteiger partial charge on any atom is -0.496 e. The van der Waals surface area contributed by atoms with Crippen molar-refractivity contribution in [1.29, 1.82) is 0 Å². The number of fused-ring (bicyclic) bond motifs is 5. The van der Waals surface area contributed by atoms with Crippen LogP contribution >= 0.6 is 0 Å². The lowest BCUT2D eigenvalue weighted by Crippen LogP contribution is -2.46. The number of nitrogens with two attached hydrogens (primary N) is 1. The SMILES string of the molecule is COc1ccccc1C1(N)CC2CC1C1CCCC21. The van der Waals surface area contributed by atoms with Gasteiger partial charge in [-0.05, 0) is 55.4 Å². The van der Waals surface area contributed by atoms with Gasteiger partial charge in [-0.2, -0.15) is 0 Å². The fourth-order valence-corrected chi connectivity index (χ4v) is 5.53. The lowest BCUT2D eigenvalue weighted by atomic mass is 9.68. The number of hydrogen-bond donors (Lipinski definition) is 1. The van der Waals surface area contributed by atoms with Gasteiger partial charge in [0.2, 0.25) is 0 Å². The van der Waals surface area contributed by atoms with Crippen molar-refractivity contribution in [1.82, 2.24) is 0 Å². The topological polar surface area (TPSA) is 35.2 Å². The molecule has 3 aliphatic carbocycles. The summed E-state index contributed by atoms with van der Waals surface area (Å²) < 4.78 is 5.56. The Bertz CT molecular complexity index is 500. The van der Waals surface area contributed by atoms with E-state index in [9.17, 15) is 0 Å². The maximum atomic E-state index is 6.92. The van der Waals surface area contributed by atoms with Crippen LogP contribution in [0.4, 0.5) is 0 Å². The number of ether oxygens (including phenoxy) is 1. The van der Waals surface area contributed by atoms with Crippen LogP contribution in [0.15, 0.2) is 24.3 Å². The van der Waals surface area contributed by atoms with Gasteiger partial charge in [0.25, 0.3) is 0 Å². The lowest BCUT2D eigenvalue weighted by Gasteiger charge is -2.41. The second-order valence-electron chi connectivity index (χ2n) is 6.81. The second kappa shape index (κ2) is 3.99. The quantitative estimate of drug-likeness (QED) is 0.882. The maximum absolute atomic E-state index is 6.92. The summed E-state index contributed by atoms with van der Waals surface area (Å²) in [6, 6.07) is 8.38. The van der Waals surface area contributed by atoms with Crippen LogP contribution in [-0.4, -0.2) is 7.11 Å². The highest BCUT2D eigenvalue weighted by Gasteiger charge is 2.60. The molecule has 0 aliphatic heterocycles. The third kappa shape index (κ3) is 1.47. The van der Waals surface area contributed by atoms with Gasteiger partial charge in [-0.15, -0.1) is 0 Å². The number of para-hydroxylation sites is 1. The van der Waals surface area contributed by atoms with Crippen molar-refractivity contribution in [2.45, 2.75) is 37.6 Å². The van der Waals surface area contributed by atoms with Crippen LogP contribution in [-0.2, 0) is 5.54 Å². The molecule has 19 heavy (non-hydrogen) atoms. The Kier molecular flexibility index (Phi) is 2.47. The smallest absolute Gasteiger partial charge is 0.123 e. The summed E-state index contributed by atoms with van der Waals surface area (Å²) in [5.41, 5.74) is 8.03. The summed E-state index contributed by atoms with van der Waals surface area (Å²) >= 11 is 0. The van der Waals surface area contributed by atoms with Crippen LogP contribution in [0.3, 0.4) is 0 Å². The van der Waals surface area contributed by atoms with E-state index in [0.29, 0.717) is 5.92 Å². The molecule has 0 aromatic heterocycles.